The maximum Gasteiger partial charge on any atom is 0.206 e. The van der Waals surface area contributed by atoms with E-state index in [2.05, 4.69) is 12.7 Å². The van der Waals surface area contributed by atoms with Crippen molar-refractivity contribution in [3.05, 3.63) is 42.3 Å². The first-order chi connectivity index (χ1) is 11.9. The number of ether oxygens (including phenoxy) is 1. The smallest absolute Gasteiger partial charge is 0.206 e. The summed E-state index contributed by atoms with van der Waals surface area (Å²) in [5.74, 6) is -0.0488. The van der Waals surface area contributed by atoms with E-state index >= 15 is 0 Å². The van der Waals surface area contributed by atoms with E-state index < -0.39 is 0 Å². The Balaban J connectivity index is 1.43. The summed E-state index contributed by atoms with van der Waals surface area (Å²) in [6.45, 7) is 0.931. The minimum absolute atomic E-state index is 0.0488. The lowest BCUT2D eigenvalue weighted by atomic mass is 9.94. The van der Waals surface area contributed by atoms with Crippen LogP contribution >= 0.6 is 0 Å². The molecule has 1 fully saturated rings. The molecule has 0 N–H and O–H groups in total. The van der Waals surface area contributed by atoms with Crippen LogP contribution in [0.2, 0.25) is 0 Å². The molecule has 0 bridgehead atoms. The number of rotatable bonds is 12. The minimum atomic E-state index is -0.0488. The van der Waals surface area contributed by atoms with Crippen LogP contribution in [0.15, 0.2) is 30.3 Å². The molecule has 2 radical (unpaired) electrons. The van der Waals surface area contributed by atoms with Gasteiger partial charge in [0.2, 0.25) is 6.29 Å². The van der Waals surface area contributed by atoms with Crippen molar-refractivity contribution in [1.82, 2.24) is 0 Å². The Morgan fingerprint density at radius 1 is 0.958 bits per heavy atom. The summed E-state index contributed by atoms with van der Waals surface area (Å²) in [5, 5.41) is 0. The Morgan fingerprint density at radius 3 is 2.33 bits per heavy atom. The van der Waals surface area contributed by atoms with Crippen molar-refractivity contribution in [3.63, 3.8) is 0 Å². The van der Waals surface area contributed by atoms with E-state index in [0.717, 1.165) is 25.0 Å². The SMILES string of the molecule is O=[C]C(CCCCCCCCOC1CC[CH]CC1)c1ccccc1. The largest absolute Gasteiger partial charge is 0.378 e. The number of benzene rings is 1. The third-order valence-electron chi connectivity index (χ3n) is 4.97. The van der Waals surface area contributed by atoms with Crippen molar-refractivity contribution in [3.8, 4) is 0 Å². The van der Waals surface area contributed by atoms with Crippen LogP contribution < -0.4 is 0 Å². The van der Waals surface area contributed by atoms with Crippen LogP contribution in [0.25, 0.3) is 0 Å². The van der Waals surface area contributed by atoms with Gasteiger partial charge in [0, 0.05) is 6.61 Å². The molecule has 0 saturated heterocycles. The van der Waals surface area contributed by atoms with Crippen LogP contribution in [0, 0.1) is 6.42 Å². The number of hydrogen-bond donors (Lipinski definition) is 0. The summed E-state index contributed by atoms with van der Waals surface area (Å²) < 4.78 is 5.94. The third kappa shape index (κ3) is 7.61. The van der Waals surface area contributed by atoms with Gasteiger partial charge < -0.3 is 4.74 Å². The van der Waals surface area contributed by atoms with Crippen LogP contribution in [-0.4, -0.2) is 19.0 Å². The fourth-order valence-electron chi connectivity index (χ4n) is 3.45. The van der Waals surface area contributed by atoms with E-state index in [0.29, 0.717) is 6.10 Å². The molecular formula is C22H32O2. The van der Waals surface area contributed by atoms with E-state index in [-0.39, 0.29) is 5.92 Å². The zero-order valence-corrected chi connectivity index (χ0v) is 14.9. The van der Waals surface area contributed by atoms with Gasteiger partial charge in [-0.25, -0.2) is 0 Å². The quantitative estimate of drug-likeness (QED) is 0.455. The second kappa shape index (κ2) is 12.2. The molecule has 1 aromatic carbocycles. The maximum atomic E-state index is 11.1. The number of carbonyl (C=O) groups excluding carboxylic acids is 1. The Labute approximate surface area is 148 Å². The Bertz CT molecular complexity index is 423. The average molecular weight is 328 g/mol. The molecular weight excluding hydrogens is 296 g/mol. The first-order valence-corrected chi connectivity index (χ1v) is 9.76. The molecule has 0 amide bonds. The highest BCUT2D eigenvalue weighted by atomic mass is 16.5. The summed E-state index contributed by atoms with van der Waals surface area (Å²) in [6, 6.07) is 10.0. The molecule has 2 heteroatoms. The first kappa shape index (κ1) is 19.2. The van der Waals surface area contributed by atoms with E-state index in [1.165, 1.54) is 57.8 Å². The summed E-state index contributed by atoms with van der Waals surface area (Å²) in [4.78, 5) is 11.1. The van der Waals surface area contributed by atoms with Gasteiger partial charge in [0.25, 0.3) is 0 Å². The van der Waals surface area contributed by atoms with Gasteiger partial charge in [-0.15, -0.1) is 0 Å². The lowest BCUT2D eigenvalue weighted by Gasteiger charge is -2.21. The molecule has 0 aromatic heterocycles. The van der Waals surface area contributed by atoms with E-state index in [1.807, 2.05) is 30.3 Å². The monoisotopic (exact) mass is 328 g/mol. The molecule has 1 atom stereocenters. The molecule has 1 saturated carbocycles. The van der Waals surface area contributed by atoms with E-state index in [1.54, 1.807) is 0 Å². The normalized spacial score (nSPS) is 16.8. The third-order valence-corrected chi connectivity index (χ3v) is 4.97. The fourth-order valence-corrected chi connectivity index (χ4v) is 3.45. The van der Waals surface area contributed by atoms with Crippen LogP contribution in [-0.2, 0) is 9.53 Å². The molecule has 0 spiro atoms. The van der Waals surface area contributed by atoms with Crippen molar-refractivity contribution in [2.45, 2.75) is 82.7 Å². The van der Waals surface area contributed by atoms with Gasteiger partial charge >= 0.3 is 0 Å². The fraction of sp³-hybridized carbons (Fsp3) is 0.636. The lowest BCUT2D eigenvalue weighted by molar-refractivity contribution is 0.0326. The van der Waals surface area contributed by atoms with Gasteiger partial charge in [-0.2, -0.15) is 0 Å². The predicted molar refractivity (Wildman–Crippen MR) is 99.7 cm³/mol. The zero-order valence-electron chi connectivity index (χ0n) is 14.9. The van der Waals surface area contributed by atoms with Crippen molar-refractivity contribution >= 4 is 6.29 Å². The van der Waals surface area contributed by atoms with E-state index in [9.17, 15) is 4.79 Å². The molecule has 24 heavy (non-hydrogen) atoms. The summed E-state index contributed by atoms with van der Waals surface area (Å²) in [7, 11) is 0. The molecule has 0 heterocycles. The number of hydrogen-bond acceptors (Lipinski definition) is 2. The molecule has 1 aromatic rings. The van der Waals surface area contributed by atoms with Crippen molar-refractivity contribution in [2.24, 2.45) is 0 Å². The molecule has 0 aliphatic heterocycles. The average Bonchev–Trinajstić information content (AvgIpc) is 2.65. The molecule has 132 valence electrons. The van der Waals surface area contributed by atoms with Crippen LogP contribution in [0.4, 0.5) is 0 Å². The van der Waals surface area contributed by atoms with Crippen LogP contribution in [0.3, 0.4) is 0 Å². The zero-order chi connectivity index (χ0) is 16.9. The molecule has 1 unspecified atom stereocenters. The highest BCUT2D eigenvalue weighted by Crippen LogP contribution is 2.21. The standard InChI is InChI=1S/C22H32O2/c23-19-21(20-13-8-5-9-14-20)15-7-3-1-2-4-12-18-24-22-16-10-6-11-17-22/h5-6,8-9,13-14,21-22H,1-4,7,10-12,15-18H2. The van der Waals surface area contributed by atoms with Crippen LogP contribution in [0.1, 0.15) is 82.1 Å². The summed E-state index contributed by atoms with van der Waals surface area (Å²) >= 11 is 0. The number of unbranched alkanes of at least 4 members (excludes halogenated alkanes) is 5. The van der Waals surface area contributed by atoms with Gasteiger partial charge in [-0.3, -0.25) is 4.79 Å². The molecule has 2 nitrogen and oxygen atoms in total. The van der Waals surface area contributed by atoms with E-state index in [4.69, 9.17) is 4.74 Å². The highest BCUT2D eigenvalue weighted by molar-refractivity contribution is 5.62. The second-order valence-electron chi connectivity index (χ2n) is 6.93. The minimum Gasteiger partial charge on any atom is -0.378 e. The Kier molecular flexibility index (Phi) is 9.79. The molecule has 2 rings (SSSR count). The van der Waals surface area contributed by atoms with Gasteiger partial charge in [-0.1, -0.05) is 62.4 Å². The predicted octanol–water partition coefficient (Wildman–Crippen LogP) is 5.77. The lowest BCUT2D eigenvalue weighted by Crippen LogP contribution is -2.17. The van der Waals surface area contributed by atoms with Crippen molar-refractivity contribution < 1.29 is 9.53 Å². The summed E-state index contributed by atoms with van der Waals surface area (Å²) in [5.41, 5.74) is 1.10. The van der Waals surface area contributed by atoms with Gasteiger partial charge in [0.05, 0.1) is 12.0 Å². The van der Waals surface area contributed by atoms with Gasteiger partial charge in [-0.05, 0) is 50.5 Å². The molecule has 1 aliphatic carbocycles. The topological polar surface area (TPSA) is 26.3 Å². The van der Waals surface area contributed by atoms with Crippen molar-refractivity contribution in [2.75, 3.05) is 6.61 Å². The Hall–Kier alpha value is -1.15. The first-order valence-electron chi connectivity index (χ1n) is 9.76. The second-order valence-corrected chi connectivity index (χ2v) is 6.93. The van der Waals surface area contributed by atoms with Gasteiger partial charge in [0.1, 0.15) is 0 Å². The van der Waals surface area contributed by atoms with Gasteiger partial charge in [0.15, 0.2) is 0 Å². The molecule has 1 aliphatic rings. The highest BCUT2D eigenvalue weighted by Gasteiger charge is 2.13. The maximum absolute atomic E-state index is 11.1. The summed E-state index contributed by atoms with van der Waals surface area (Å²) in [6.07, 6.45) is 18.2. The Morgan fingerprint density at radius 2 is 1.62 bits per heavy atom. The van der Waals surface area contributed by atoms with Crippen LogP contribution in [0.5, 0.6) is 0 Å². The van der Waals surface area contributed by atoms with Crippen molar-refractivity contribution in [1.29, 1.82) is 0 Å².